The predicted molar refractivity (Wildman–Crippen MR) is 69.3 cm³/mol. The molecule has 1 aromatic rings. The van der Waals surface area contributed by atoms with Gasteiger partial charge in [-0.15, -0.1) is 0 Å². The van der Waals surface area contributed by atoms with Gasteiger partial charge in [0.25, 0.3) is 0 Å². The Hall–Kier alpha value is -0.580. The van der Waals surface area contributed by atoms with E-state index in [2.05, 4.69) is 15.9 Å². The number of aryl methyl sites for hydroxylation is 1. The van der Waals surface area contributed by atoms with Gasteiger partial charge in [0.15, 0.2) is 0 Å². The second kappa shape index (κ2) is 5.85. The summed E-state index contributed by atoms with van der Waals surface area (Å²) >= 11 is 3.42. The van der Waals surface area contributed by atoms with E-state index in [0.29, 0.717) is 6.61 Å². The molecule has 1 aromatic carbocycles. The van der Waals surface area contributed by atoms with Gasteiger partial charge in [0.05, 0.1) is 13.2 Å². The van der Waals surface area contributed by atoms with Crippen molar-refractivity contribution >= 4 is 15.9 Å². The van der Waals surface area contributed by atoms with Gasteiger partial charge in [-0.1, -0.05) is 15.9 Å². The third-order valence-electron chi connectivity index (χ3n) is 2.89. The van der Waals surface area contributed by atoms with Crippen LogP contribution in [-0.2, 0) is 11.3 Å². The Kier molecular flexibility index (Phi) is 4.42. The molecule has 1 unspecified atom stereocenters. The Balaban J connectivity index is 2.18. The molecule has 1 N–H and O–H groups in total. The molecule has 1 fully saturated rings. The van der Waals surface area contributed by atoms with Gasteiger partial charge < -0.3 is 14.6 Å². The number of aliphatic hydroxyl groups excluding tert-OH is 1. The van der Waals surface area contributed by atoms with Crippen LogP contribution in [0.2, 0.25) is 0 Å². The number of halogens is 1. The van der Waals surface area contributed by atoms with E-state index in [1.807, 2.05) is 19.1 Å². The van der Waals surface area contributed by atoms with E-state index in [0.717, 1.165) is 40.8 Å². The SMILES string of the molecule is Cc1cc(Br)cc(CO)c1OC1CCCOC1. The first-order valence-corrected chi connectivity index (χ1v) is 6.64. The van der Waals surface area contributed by atoms with Gasteiger partial charge in [-0.3, -0.25) is 0 Å². The van der Waals surface area contributed by atoms with Crippen LogP contribution < -0.4 is 4.74 Å². The van der Waals surface area contributed by atoms with Gasteiger partial charge in [-0.05, 0) is 37.5 Å². The summed E-state index contributed by atoms with van der Waals surface area (Å²) in [6.45, 7) is 3.44. The Morgan fingerprint density at radius 3 is 3.00 bits per heavy atom. The topological polar surface area (TPSA) is 38.7 Å². The van der Waals surface area contributed by atoms with Crippen LogP contribution in [-0.4, -0.2) is 24.4 Å². The molecule has 1 aliphatic rings. The van der Waals surface area contributed by atoms with Gasteiger partial charge in [-0.25, -0.2) is 0 Å². The standard InChI is InChI=1S/C13H17BrO3/c1-9-5-11(14)6-10(7-15)13(9)17-12-3-2-4-16-8-12/h5-6,12,15H,2-4,7-8H2,1H3. The smallest absolute Gasteiger partial charge is 0.128 e. The number of hydrogen-bond acceptors (Lipinski definition) is 3. The Morgan fingerprint density at radius 1 is 1.53 bits per heavy atom. The van der Waals surface area contributed by atoms with E-state index in [1.165, 1.54) is 0 Å². The normalized spacial score (nSPS) is 20.3. The highest BCUT2D eigenvalue weighted by atomic mass is 79.9. The van der Waals surface area contributed by atoms with Crippen LogP contribution in [0, 0.1) is 6.92 Å². The minimum atomic E-state index is -0.0107. The van der Waals surface area contributed by atoms with E-state index in [-0.39, 0.29) is 12.7 Å². The van der Waals surface area contributed by atoms with Gasteiger partial charge in [0, 0.05) is 16.6 Å². The lowest BCUT2D eigenvalue weighted by molar-refractivity contribution is 0.00631. The summed E-state index contributed by atoms with van der Waals surface area (Å²) in [4.78, 5) is 0. The second-order valence-electron chi connectivity index (χ2n) is 4.33. The molecule has 0 aliphatic carbocycles. The lowest BCUT2D eigenvalue weighted by Gasteiger charge is -2.25. The summed E-state index contributed by atoms with van der Waals surface area (Å²) in [6.07, 6.45) is 2.16. The number of benzene rings is 1. The van der Waals surface area contributed by atoms with Crippen molar-refractivity contribution in [2.45, 2.75) is 32.5 Å². The number of aliphatic hydroxyl groups is 1. The minimum Gasteiger partial charge on any atom is -0.487 e. The van der Waals surface area contributed by atoms with Crippen molar-refractivity contribution in [1.29, 1.82) is 0 Å². The summed E-state index contributed by atoms with van der Waals surface area (Å²) in [6, 6.07) is 3.89. The van der Waals surface area contributed by atoms with Crippen LogP contribution in [0.25, 0.3) is 0 Å². The van der Waals surface area contributed by atoms with Crippen LogP contribution in [0.4, 0.5) is 0 Å². The Bertz CT molecular complexity index is 386. The maximum atomic E-state index is 9.36. The van der Waals surface area contributed by atoms with Crippen LogP contribution in [0.15, 0.2) is 16.6 Å². The first-order valence-electron chi connectivity index (χ1n) is 5.85. The molecule has 1 heterocycles. The highest BCUT2D eigenvalue weighted by Crippen LogP contribution is 2.30. The van der Waals surface area contributed by atoms with Gasteiger partial charge in [0.1, 0.15) is 11.9 Å². The zero-order valence-electron chi connectivity index (χ0n) is 9.91. The van der Waals surface area contributed by atoms with E-state index in [1.54, 1.807) is 0 Å². The monoisotopic (exact) mass is 300 g/mol. The molecule has 4 heteroatoms. The molecule has 1 atom stereocenters. The fourth-order valence-corrected chi connectivity index (χ4v) is 2.68. The molecule has 1 saturated heterocycles. The molecule has 0 aromatic heterocycles. The van der Waals surface area contributed by atoms with Gasteiger partial charge >= 0.3 is 0 Å². The van der Waals surface area contributed by atoms with Crippen molar-refractivity contribution in [3.05, 3.63) is 27.7 Å². The number of hydrogen-bond donors (Lipinski definition) is 1. The maximum absolute atomic E-state index is 9.36. The van der Waals surface area contributed by atoms with E-state index in [9.17, 15) is 5.11 Å². The van der Waals surface area contributed by atoms with Crippen LogP contribution in [0.1, 0.15) is 24.0 Å². The summed E-state index contributed by atoms with van der Waals surface area (Å²) < 4.78 is 12.3. The van der Waals surface area contributed by atoms with Crippen molar-refractivity contribution < 1.29 is 14.6 Å². The summed E-state index contributed by atoms with van der Waals surface area (Å²) in [5, 5.41) is 9.36. The van der Waals surface area contributed by atoms with Crippen LogP contribution in [0.3, 0.4) is 0 Å². The molecule has 1 aliphatic heterocycles. The van der Waals surface area contributed by atoms with Gasteiger partial charge in [0.2, 0.25) is 0 Å². The Morgan fingerprint density at radius 2 is 2.35 bits per heavy atom. The summed E-state index contributed by atoms with van der Waals surface area (Å²) in [5.41, 5.74) is 1.86. The average molecular weight is 301 g/mol. The average Bonchev–Trinajstić information content (AvgIpc) is 2.33. The maximum Gasteiger partial charge on any atom is 0.128 e. The molecule has 17 heavy (non-hydrogen) atoms. The molecule has 0 bridgehead atoms. The minimum absolute atomic E-state index is 0.0107. The Labute approximate surface area is 110 Å². The summed E-state index contributed by atoms with van der Waals surface area (Å²) in [7, 11) is 0. The second-order valence-corrected chi connectivity index (χ2v) is 5.24. The highest BCUT2D eigenvalue weighted by Gasteiger charge is 2.18. The quantitative estimate of drug-likeness (QED) is 0.933. The molecular formula is C13H17BrO3. The largest absolute Gasteiger partial charge is 0.487 e. The number of rotatable bonds is 3. The first-order chi connectivity index (χ1) is 8.20. The van der Waals surface area contributed by atoms with Crippen molar-refractivity contribution in [3.8, 4) is 5.75 Å². The number of ether oxygens (including phenoxy) is 2. The third kappa shape index (κ3) is 3.21. The van der Waals surface area contributed by atoms with Crippen molar-refractivity contribution in [2.24, 2.45) is 0 Å². The molecule has 0 saturated carbocycles. The lowest BCUT2D eigenvalue weighted by atomic mass is 10.1. The van der Waals surface area contributed by atoms with Crippen molar-refractivity contribution in [1.82, 2.24) is 0 Å². The zero-order chi connectivity index (χ0) is 12.3. The van der Waals surface area contributed by atoms with Crippen LogP contribution >= 0.6 is 15.9 Å². The molecule has 2 rings (SSSR count). The first kappa shape index (κ1) is 12.9. The summed E-state index contributed by atoms with van der Waals surface area (Å²) in [5.74, 6) is 0.797. The van der Waals surface area contributed by atoms with Crippen molar-refractivity contribution in [3.63, 3.8) is 0 Å². The highest BCUT2D eigenvalue weighted by molar-refractivity contribution is 9.10. The van der Waals surface area contributed by atoms with E-state index in [4.69, 9.17) is 9.47 Å². The lowest BCUT2D eigenvalue weighted by Crippen LogP contribution is -2.28. The zero-order valence-corrected chi connectivity index (χ0v) is 11.5. The molecule has 3 nitrogen and oxygen atoms in total. The molecule has 0 radical (unpaired) electrons. The fraction of sp³-hybridized carbons (Fsp3) is 0.538. The third-order valence-corrected chi connectivity index (χ3v) is 3.35. The molecular weight excluding hydrogens is 284 g/mol. The molecule has 0 amide bonds. The van der Waals surface area contributed by atoms with Crippen LogP contribution in [0.5, 0.6) is 5.75 Å². The van der Waals surface area contributed by atoms with E-state index >= 15 is 0 Å². The predicted octanol–water partition coefficient (Wildman–Crippen LogP) is 2.81. The van der Waals surface area contributed by atoms with Gasteiger partial charge in [-0.2, -0.15) is 0 Å². The molecule has 0 spiro atoms. The fourth-order valence-electron chi connectivity index (χ4n) is 2.06. The molecule has 94 valence electrons. The van der Waals surface area contributed by atoms with E-state index < -0.39 is 0 Å². The van der Waals surface area contributed by atoms with Crippen molar-refractivity contribution in [2.75, 3.05) is 13.2 Å².